The van der Waals surface area contributed by atoms with Crippen LogP contribution in [0.4, 0.5) is 19.0 Å². The van der Waals surface area contributed by atoms with Crippen molar-refractivity contribution in [2.45, 2.75) is 11.1 Å². The molecule has 1 heterocycles. The van der Waals surface area contributed by atoms with Crippen LogP contribution in [0.3, 0.4) is 0 Å². The molecule has 0 aliphatic carbocycles. The van der Waals surface area contributed by atoms with Crippen LogP contribution in [0.15, 0.2) is 41.4 Å². The number of thioether (sulfide) groups is 1. The lowest BCUT2D eigenvalue weighted by atomic mass is 10.2. The minimum Gasteiger partial charge on any atom is -0.310 e. The van der Waals surface area contributed by atoms with Gasteiger partial charge in [-0.15, -0.1) is 11.8 Å². The molecule has 9 heteroatoms. The number of aromatic nitrogens is 1. The van der Waals surface area contributed by atoms with Crippen molar-refractivity contribution in [2.75, 3.05) is 11.1 Å². The Kier molecular flexibility index (Phi) is 5.78. The van der Waals surface area contributed by atoms with Gasteiger partial charge in [-0.2, -0.15) is 13.2 Å². The molecular formula is C14H9Cl2F3N2OS. The molecule has 3 nitrogen and oxygen atoms in total. The second-order valence-corrected chi connectivity index (χ2v) is 6.23. The Morgan fingerprint density at radius 3 is 2.57 bits per heavy atom. The summed E-state index contributed by atoms with van der Waals surface area (Å²) in [5, 5.41) is 2.57. The lowest BCUT2D eigenvalue weighted by Crippen LogP contribution is -2.15. The summed E-state index contributed by atoms with van der Waals surface area (Å²) in [4.78, 5) is 16.0. The maximum atomic E-state index is 12.8. The van der Waals surface area contributed by atoms with Crippen molar-refractivity contribution in [2.24, 2.45) is 0 Å². The first-order valence-electron chi connectivity index (χ1n) is 6.16. The summed E-state index contributed by atoms with van der Waals surface area (Å²) in [6.07, 6.45) is -3.16. The molecule has 1 amide bonds. The Morgan fingerprint density at radius 2 is 1.96 bits per heavy atom. The molecule has 0 spiro atoms. The number of pyridine rings is 1. The number of anilines is 1. The zero-order valence-corrected chi connectivity index (χ0v) is 13.7. The van der Waals surface area contributed by atoms with Gasteiger partial charge in [-0.25, -0.2) is 4.98 Å². The first kappa shape index (κ1) is 17.9. The molecule has 1 N–H and O–H groups in total. The molecule has 2 aromatic rings. The first-order chi connectivity index (χ1) is 10.8. The van der Waals surface area contributed by atoms with E-state index in [1.807, 2.05) is 0 Å². The largest absolute Gasteiger partial charge is 0.417 e. The van der Waals surface area contributed by atoms with Gasteiger partial charge in [-0.3, -0.25) is 4.79 Å². The third-order valence-corrected chi connectivity index (χ3v) is 4.15. The molecule has 0 saturated carbocycles. The molecule has 0 aliphatic rings. The Hall–Kier alpha value is -1.44. The van der Waals surface area contributed by atoms with E-state index in [0.29, 0.717) is 15.7 Å². The molecule has 0 atom stereocenters. The summed E-state index contributed by atoms with van der Waals surface area (Å²) in [6, 6.07) is 6.59. The fraction of sp³-hybridized carbons (Fsp3) is 0.143. The molecule has 0 unspecified atom stereocenters. The normalized spacial score (nSPS) is 11.3. The number of rotatable bonds is 4. The van der Waals surface area contributed by atoms with Crippen molar-refractivity contribution in [1.29, 1.82) is 0 Å². The summed E-state index contributed by atoms with van der Waals surface area (Å²) >= 11 is 12.2. The minimum atomic E-state index is -4.54. The highest BCUT2D eigenvalue weighted by molar-refractivity contribution is 8.00. The quantitative estimate of drug-likeness (QED) is 0.746. The van der Waals surface area contributed by atoms with Crippen LogP contribution in [0.2, 0.25) is 10.0 Å². The van der Waals surface area contributed by atoms with Crippen LogP contribution in [-0.2, 0) is 11.0 Å². The average molecular weight is 381 g/mol. The number of halogens is 5. The van der Waals surface area contributed by atoms with E-state index in [2.05, 4.69) is 10.3 Å². The van der Waals surface area contributed by atoms with Gasteiger partial charge in [-0.05, 0) is 30.3 Å². The first-order valence-corrected chi connectivity index (χ1v) is 7.91. The van der Waals surface area contributed by atoms with E-state index in [9.17, 15) is 18.0 Å². The van der Waals surface area contributed by atoms with E-state index < -0.39 is 17.6 Å². The molecule has 1 aromatic heterocycles. The highest BCUT2D eigenvalue weighted by Crippen LogP contribution is 2.36. The van der Waals surface area contributed by atoms with Crippen molar-refractivity contribution in [1.82, 2.24) is 4.98 Å². The molecule has 0 aliphatic heterocycles. The third-order valence-electron chi connectivity index (χ3n) is 2.61. The van der Waals surface area contributed by atoms with Crippen molar-refractivity contribution in [3.05, 3.63) is 52.1 Å². The maximum absolute atomic E-state index is 12.8. The van der Waals surface area contributed by atoms with Crippen LogP contribution >= 0.6 is 35.0 Å². The second kappa shape index (κ2) is 7.42. The minimum absolute atomic E-state index is 0.0662. The highest BCUT2D eigenvalue weighted by atomic mass is 35.5. The lowest BCUT2D eigenvalue weighted by molar-refractivity contribution is -0.137. The maximum Gasteiger partial charge on any atom is 0.417 e. The number of carbonyl (C=O) groups is 1. The van der Waals surface area contributed by atoms with Gasteiger partial charge in [0.2, 0.25) is 5.91 Å². The summed E-state index contributed by atoms with van der Waals surface area (Å²) in [5.41, 5.74) is -0.927. The third kappa shape index (κ3) is 5.30. The summed E-state index contributed by atoms with van der Waals surface area (Å²) in [5.74, 6) is -0.149. The van der Waals surface area contributed by atoms with Gasteiger partial charge in [0, 0.05) is 11.1 Å². The van der Waals surface area contributed by atoms with Crippen molar-refractivity contribution < 1.29 is 18.0 Å². The van der Waals surface area contributed by atoms with Gasteiger partial charge < -0.3 is 5.32 Å². The highest BCUT2D eigenvalue weighted by Gasteiger charge is 2.33. The van der Waals surface area contributed by atoms with Crippen molar-refractivity contribution >= 4 is 46.7 Å². The van der Waals surface area contributed by atoms with Crippen LogP contribution in [0.25, 0.3) is 0 Å². The van der Waals surface area contributed by atoms with Gasteiger partial charge in [0.1, 0.15) is 5.82 Å². The number of hydrogen-bond donors (Lipinski definition) is 1. The molecule has 122 valence electrons. The molecule has 23 heavy (non-hydrogen) atoms. The van der Waals surface area contributed by atoms with E-state index in [0.717, 1.165) is 23.9 Å². The average Bonchev–Trinajstić information content (AvgIpc) is 2.47. The molecule has 0 radical (unpaired) electrons. The monoisotopic (exact) mass is 380 g/mol. The number of nitrogens with zero attached hydrogens (tertiary/aromatic N) is 1. The summed E-state index contributed by atoms with van der Waals surface area (Å²) < 4.78 is 38.3. The SMILES string of the molecule is O=C(CSc1ccc(Cl)c(C(F)(F)F)c1)Nc1ccc(Cl)cn1. The number of hydrogen-bond acceptors (Lipinski definition) is 3. The summed E-state index contributed by atoms with van der Waals surface area (Å²) in [7, 11) is 0. The summed E-state index contributed by atoms with van der Waals surface area (Å²) in [6.45, 7) is 0. The standard InChI is InChI=1S/C14H9Cl2F3N2OS/c15-8-1-4-12(20-6-8)21-13(22)7-23-9-2-3-11(16)10(5-9)14(17,18)19/h1-6H,7H2,(H,20,21,22). The van der Waals surface area contributed by atoms with Gasteiger partial charge >= 0.3 is 6.18 Å². The van der Waals surface area contributed by atoms with Crippen LogP contribution in [0.1, 0.15) is 5.56 Å². The smallest absolute Gasteiger partial charge is 0.310 e. The van der Waals surface area contributed by atoms with E-state index in [4.69, 9.17) is 23.2 Å². The molecule has 1 aromatic carbocycles. The zero-order chi connectivity index (χ0) is 17.0. The fourth-order valence-electron chi connectivity index (χ4n) is 1.59. The molecule has 0 saturated heterocycles. The van der Waals surface area contributed by atoms with Gasteiger partial charge in [-0.1, -0.05) is 23.2 Å². The van der Waals surface area contributed by atoms with E-state index in [1.54, 1.807) is 6.07 Å². The number of amides is 1. The Morgan fingerprint density at radius 1 is 1.22 bits per heavy atom. The Bertz CT molecular complexity index is 708. The van der Waals surface area contributed by atoms with Gasteiger partial charge in [0.25, 0.3) is 0 Å². The number of carbonyl (C=O) groups excluding carboxylic acids is 1. The van der Waals surface area contributed by atoms with Crippen LogP contribution in [0.5, 0.6) is 0 Å². The number of alkyl halides is 3. The molecule has 0 bridgehead atoms. The molecule has 0 fully saturated rings. The van der Waals surface area contributed by atoms with E-state index >= 15 is 0 Å². The number of benzene rings is 1. The second-order valence-electron chi connectivity index (χ2n) is 4.34. The Labute approximate surface area is 144 Å². The predicted molar refractivity (Wildman–Crippen MR) is 85.1 cm³/mol. The predicted octanol–water partition coefficient (Wildman–Crippen LogP) is 5.14. The zero-order valence-electron chi connectivity index (χ0n) is 11.3. The lowest BCUT2D eigenvalue weighted by Gasteiger charge is -2.10. The Balaban J connectivity index is 1.98. The number of nitrogens with one attached hydrogen (secondary N) is 1. The topological polar surface area (TPSA) is 42.0 Å². The van der Waals surface area contributed by atoms with Crippen LogP contribution in [0, 0.1) is 0 Å². The van der Waals surface area contributed by atoms with Gasteiger partial charge in [0.15, 0.2) is 0 Å². The van der Waals surface area contributed by atoms with Gasteiger partial charge in [0.05, 0.1) is 21.4 Å². The van der Waals surface area contributed by atoms with E-state index in [1.165, 1.54) is 18.3 Å². The van der Waals surface area contributed by atoms with Crippen LogP contribution < -0.4 is 5.32 Å². The molecule has 2 rings (SSSR count). The van der Waals surface area contributed by atoms with Crippen molar-refractivity contribution in [3.63, 3.8) is 0 Å². The van der Waals surface area contributed by atoms with E-state index in [-0.39, 0.29) is 10.8 Å². The molecular weight excluding hydrogens is 372 g/mol. The van der Waals surface area contributed by atoms with Crippen LogP contribution in [-0.4, -0.2) is 16.6 Å². The fourth-order valence-corrected chi connectivity index (χ4v) is 2.66. The van der Waals surface area contributed by atoms with Crippen molar-refractivity contribution in [3.8, 4) is 0 Å².